The highest BCUT2D eigenvalue weighted by Crippen LogP contribution is 2.17. The summed E-state index contributed by atoms with van der Waals surface area (Å²) in [6, 6.07) is 0. The average Bonchev–Trinajstić information content (AvgIpc) is 3.09. The van der Waals surface area contributed by atoms with Crippen LogP contribution in [0.1, 0.15) is 18.5 Å². The molecule has 0 spiro atoms. The number of halogens is 2. The molecule has 1 N–H and O–H groups in total. The second-order valence-electron chi connectivity index (χ2n) is 5.00. The molecular weight excluding hydrogens is 349 g/mol. The van der Waals surface area contributed by atoms with Crippen LogP contribution in [0, 0.1) is 6.92 Å². The zero-order valence-corrected chi connectivity index (χ0v) is 14.4. The lowest BCUT2D eigenvalue weighted by Crippen LogP contribution is -2.44. The van der Waals surface area contributed by atoms with Crippen LogP contribution >= 0.6 is 34.5 Å². The van der Waals surface area contributed by atoms with E-state index in [-0.39, 0.29) is 18.6 Å². The first-order valence-electron chi connectivity index (χ1n) is 6.86. The molecule has 1 aliphatic heterocycles. The van der Waals surface area contributed by atoms with Gasteiger partial charge in [-0.3, -0.25) is 9.59 Å². The minimum Gasteiger partial charge on any atom is -0.376 e. The van der Waals surface area contributed by atoms with Gasteiger partial charge in [0.15, 0.2) is 9.97 Å². The quantitative estimate of drug-likeness (QED) is 0.784. The van der Waals surface area contributed by atoms with Gasteiger partial charge in [0, 0.05) is 18.5 Å². The Morgan fingerprint density at radius 1 is 1.59 bits per heavy atom. The van der Waals surface area contributed by atoms with Crippen LogP contribution in [-0.2, 0) is 14.3 Å². The molecule has 0 aliphatic carbocycles. The van der Waals surface area contributed by atoms with Crippen molar-refractivity contribution in [2.24, 2.45) is 0 Å². The fourth-order valence-electron chi connectivity index (χ4n) is 2.15. The van der Waals surface area contributed by atoms with Gasteiger partial charge in [0.1, 0.15) is 6.54 Å². The maximum atomic E-state index is 12.1. The molecule has 6 nitrogen and oxygen atoms in total. The number of hydrogen-bond acceptors (Lipinski definition) is 5. The van der Waals surface area contributed by atoms with E-state index >= 15 is 0 Å². The van der Waals surface area contributed by atoms with Crippen molar-refractivity contribution in [3.05, 3.63) is 11.1 Å². The fourth-order valence-corrected chi connectivity index (χ4v) is 3.13. The Labute approximate surface area is 142 Å². The van der Waals surface area contributed by atoms with E-state index in [1.165, 1.54) is 16.2 Å². The Balaban J connectivity index is 1.95. The molecule has 2 rings (SSSR count). The normalized spacial score (nSPS) is 17.7. The van der Waals surface area contributed by atoms with Crippen molar-refractivity contribution >= 4 is 51.5 Å². The maximum absolute atomic E-state index is 12.1. The Hall–Kier alpha value is -0.890. The number of carbonyl (C=O) groups excluding carboxylic acids is 2. The predicted molar refractivity (Wildman–Crippen MR) is 86.5 cm³/mol. The minimum atomic E-state index is -1.20. The third-order valence-electron chi connectivity index (χ3n) is 3.15. The number of hydrogen-bond donors (Lipinski definition) is 1. The molecule has 9 heteroatoms. The van der Waals surface area contributed by atoms with Gasteiger partial charge in [-0.2, -0.15) is 0 Å². The number of carbonyl (C=O) groups is 2. The van der Waals surface area contributed by atoms with Crippen LogP contribution in [0.4, 0.5) is 5.13 Å². The molecule has 0 saturated carbocycles. The summed E-state index contributed by atoms with van der Waals surface area (Å²) in [6.45, 7) is 2.68. The number of nitrogens with one attached hydrogen (secondary N) is 1. The standard InChI is InChI=1S/C13H17Cl2N3O3S/c1-8-7-22-13(16-8)17-10(19)6-18(12(20)11(14)15)5-9-3-2-4-21-9/h7,9,11H,2-6H2,1H3,(H,16,17,19). The number of aromatic nitrogens is 1. The molecule has 122 valence electrons. The second kappa shape index (κ2) is 8.10. The number of ether oxygens (including phenoxy) is 1. The second-order valence-corrected chi connectivity index (χ2v) is 6.95. The van der Waals surface area contributed by atoms with Crippen LogP contribution in [0.15, 0.2) is 5.38 Å². The summed E-state index contributed by atoms with van der Waals surface area (Å²) in [5.74, 6) is -0.834. The van der Waals surface area contributed by atoms with E-state index in [0.29, 0.717) is 18.3 Å². The topological polar surface area (TPSA) is 71.5 Å². The Kier molecular flexibility index (Phi) is 6.43. The molecule has 2 amide bonds. The molecule has 1 saturated heterocycles. The van der Waals surface area contributed by atoms with Crippen LogP contribution in [-0.4, -0.2) is 52.3 Å². The molecule has 22 heavy (non-hydrogen) atoms. The summed E-state index contributed by atoms with van der Waals surface area (Å²) in [5.41, 5.74) is 0.828. The number of rotatable bonds is 6. The van der Waals surface area contributed by atoms with Gasteiger partial charge in [-0.1, -0.05) is 23.2 Å². The van der Waals surface area contributed by atoms with E-state index in [1.54, 1.807) is 0 Å². The van der Waals surface area contributed by atoms with Crippen LogP contribution in [0.3, 0.4) is 0 Å². The van der Waals surface area contributed by atoms with Crippen molar-refractivity contribution in [2.75, 3.05) is 25.0 Å². The maximum Gasteiger partial charge on any atom is 0.256 e. The highest BCUT2D eigenvalue weighted by atomic mass is 35.5. The lowest BCUT2D eigenvalue weighted by molar-refractivity contribution is -0.134. The zero-order chi connectivity index (χ0) is 16.1. The first kappa shape index (κ1) is 17.5. The van der Waals surface area contributed by atoms with Crippen molar-refractivity contribution in [1.29, 1.82) is 0 Å². The summed E-state index contributed by atoms with van der Waals surface area (Å²) < 4.78 is 5.49. The smallest absolute Gasteiger partial charge is 0.256 e. The number of aryl methyl sites for hydroxylation is 1. The predicted octanol–water partition coefficient (Wildman–Crippen LogP) is 2.20. The highest BCUT2D eigenvalue weighted by Gasteiger charge is 2.27. The lowest BCUT2D eigenvalue weighted by Gasteiger charge is -2.25. The lowest BCUT2D eigenvalue weighted by atomic mass is 10.2. The summed E-state index contributed by atoms with van der Waals surface area (Å²) >= 11 is 12.6. The van der Waals surface area contributed by atoms with E-state index in [9.17, 15) is 9.59 Å². The molecule has 0 bridgehead atoms. The summed E-state index contributed by atoms with van der Waals surface area (Å²) in [5, 5.41) is 4.99. The van der Waals surface area contributed by atoms with Gasteiger partial charge < -0.3 is 15.0 Å². The van der Waals surface area contributed by atoms with Crippen molar-refractivity contribution in [1.82, 2.24) is 9.88 Å². The number of amides is 2. The summed E-state index contributed by atoms with van der Waals surface area (Å²) in [6.07, 6.45) is 1.72. The van der Waals surface area contributed by atoms with E-state index < -0.39 is 10.7 Å². The van der Waals surface area contributed by atoms with Gasteiger partial charge in [-0.05, 0) is 19.8 Å². The number of thiazole rings is 1. The van der Waals surface area contributed by atoms with Gasteiger partial charge in [0.25, 0.3) is 5.91 Å². The average molecular weight is 366 g/mol. The van der Waals surface area contributed by atoms with Crippen molar-refractivity contribution in [2.45, 2.75) is 30.7 Å². The van der Waals surface area contributed by atoms with E-state index in [2.05, 4.69) is 10.3 Å². The Morgan fingerprint density at radius 3 is 2.91 bits per heavy atom. The van der Waals surface area contributed by atoms with E-state index in [0.717, 1.165) is 18.5 Å². The van der Waals surface area contributed by atoms with Crippen LogP contribution in [0.2, 0.25) is 0 Å². The molecule has 1 aromatic heterocycles. The van der Waals surface area contributed by atoms with Gasteiger partial charge >= 0.3 is 0 Å². The van der Waals surface area contributed by atoms with Gasteiger partial charge in [-0.15, -0.1) is 11.3 Å². The highest BCUT2D eigenvalue weighted by molar-refractivity contribution is 7.13. The third-order valence-corrected chi connectivity index (χ3v) is 4.40. The number of nitrogens with zero attached hydrogens (tertiary/aromatic N) is 2. The van der Waals surface area contributed by atoms with Crippen LogP contribution in [0.5, 0.6) is 0 Å². The molecule has 1 aromatic rings. The molecule has 0 radical (unpaired) electrons. The van der Waals surface area contributed by atoms with E-state index in [1.807, 2.05) is 12.3 Å². The molecule has 1 unspecified atom stereocenters. The molecule has 2 heterocycles. The van der Waals surface area contributed by atoms with Gasteiger partial charge in [0.2, 0.25) is 5.91 Å². The van der Waals surface area contributed by atoms with Crippen LogP contribution < -0.4 is 5.32 Å². The van der Waals surface area contributed by atoms with Crippen molar-refractivity contribution < 1.29 is 14.3 Å². The third kappa shape index (κ3) is 5.08. The molecular formula is C13H17Cl2N3O3S. The fraction of sp³-hybridized carbons (Fsp3) is 0.615. The Bertz CT molecular complexity index is 532. The molecule has 0 aromatic carbocycles. The molecule has 1 fully saturated rings. The zero-order valence-electron chi connectivity index (χ0n) is 12.1. The first-order valence-corrected chi connectivity index (χ1v) is 8.61. The summed E-state index contributed by atoms with van der Waals surface area (Å²) in [4.78, 5) is 28.4. The Morgan fingerprint density at radius 2 is 2.36 bits per heavy atom. The van der Waals surface area contributed by atoms with Crippen molar-refractivity contribution in [3.8, 4) is 0 Å². The summed E-state index contributed by atoms with van der Waals surface area (Å²) in [7, 11) is 0. The SMILES string of the molecule is Cc1csc(NC(=O)CN(CC2CCCO2)C(=O)C(Cl)Cl)n1. The number of anilines is 1. The largest absolute Gasteiger partial charge is 0.376 e. The first-order chi connectivity index (χ1) is 10.5. The number of alkyl halides is 2. The van der Waals surface area contributed by atoms with Gasteiger partial charge in [-0.25, -0.2) is 4.98 Å². The molecule has 1 aliphatic rings. The van der Waals surface area contributed by atoms with Crippen LogP contribution in [0.25, 0.3) is 0 Å². The van der Waals surface area contributed by atoms with Gasteiger partial charge in [0.05, 0.1) is 11.8 Å². The molecule has 1 atom stereocenters. The van der Waals surface area contributed by atoms with Crippen molar-refractivity contribution in [3.63, 3.8) is 0 Å². The minimum absolute atomic E-state index is 0.0778. The monoisotopic (exact) mass is 365 g/mol. The van der Waals surface area contributed by atoms with E-state index in [4.69, 9.17) is 27.9 Å².